The number of fused-ring (bicyclic) bond motifs is 6. The third kappa shape index (κ3) is 19.0. The highest BCUT2D eigenvalue weighted by atomic mass is 15.2. The van der Waals surface area contributed by atoms with Gasteiger partial charge in [-0.3, -0.25) is 0 Å². The van der Waals surface area contributed by atoms with Crippen molar-refractivity contribution in [1.29, 1.82) is 0 Å². The summed E-state index contributed by atoms with van der Waals surface area (Å²) in [6.07, 6.45) is 0. The van der Waals surface area contributed by atoms with Crippen LogP contribution in [0.1, 0.15) is 66.8 Å². The van der Waals surface area contributed by atoms with Crippen molar-refractivity contribution in [2.24, 2.45) is 0 Å². The highest BCUT2D eigenvalue weighted by molar-refractivity contribution is 6.06. The Hall–Kier alpha value is -18.0. The average Bonchev–Trinajstić information content (AvgIpc) is 0.796. The average molecular weight is 1900 g/mol. The predicted molar refractivity (Wildman–Crippen MR) is 637 cm³/mol. The zero-order chi connectivity index (χ0) is 101. The molecule has 24 aromatic carbocycles. The summed E-state index contributed by atoms with van der Waals surface area (Å²) in [6, 6.07) is 180. The molecule has 0 aliphatic heterocycles. The van der Waals surface area contributed by atoms with Crippen LogP contribution in [0.3, 0.4) is 0 Å². The topological polar surface area (TPSA) is 13.0 Å². The second kappa shape index (κ2) is 40.0. The first-order chi connectivity index (χ1) is 72.2. The van der Waals surface area contributed by atoms with Crippen molar-refractivity contribution in [3.05, 3.63) is 552 Å². The van der Waals surface area contributed by atoms with E-state index in [1.165, 1.54) is 260 Å². The molecule has 24 rings (SSSR count). The van der Waals surface area contributed by atoms with Crippen LogP contribution in [0.15, 0.2) is 485 Å². The lowest BCUT2D eigenvalue weighted by molar-refractivity contribution is 1.21. The third-order valence-corrected chi connectivity index (χ3v) is 30.0. The summed E-state index contributed by atoms with van der Waals surface area (Å²) in [5, 5.41) is 14.8. The van der Waals surface area contributed by atoms with E-state index in [1.807, 2.05) is 0 Å². The van der Waals surface area contributed by atoms with Gasteiger partial charge >= 0.3 is 0 Å². The van der Waals surface area contributed by atoms with Crippen LogP contribution in [-0.2, 0) is 0 Å². The Kier molecular flexibility index (Phi) is 25.3. The molecule has 0 radical (unpaired) electrons. The number of hydrogen-bond donors (Lipinski definition) is 0. The SMILES string of the molecule is Cc1ccc(N(c2ccc(-c3ccc(-c4ccc5cc6cc(-c7ccc(-c8ccc(N(c9ccc(C)c(C)c9)c9cccc%10ccccc9%10)cc8)cc7)ccc6cc5c4)cc3)cc2)c2cccc3ccccc23)c(C)c1.Cc1ccc(N(c2ccc(-c3ccc(-c4ccc5cc6cc(-c7ccc(-c8ccc(N(c9ccc(C)cc9C)c9ccc(C)cc9C)cc8)cc7)ccc6cc5c4)cc3)cc2)c2ccc(C)cc2C)c(C)c1. The van der Waals surface area contributed by atoms with Gasteiger partial charge in [0.2, 0.25) is 0 Å². The first-order valence-electron chi connectivity index (χ1n) is 51.6. The van der Waals surface area contributed by atoms with Crippen LogP contribution < -0.4 is 19.6 Å². The van der Waals surface area contributed by atoms with Gasteiger partial charge in [-0.15, -0.1) is 0 Å². The second-order valence-electron chi connectivity index (χ2n) is 40.5. The molecule has 0 aromatic heterocycles. The van der Waals surface area contributed by atoms with E-state index in [0.29, 0.717) is 0 Å². The number of benzene rings is 24. The van der Waals surface area contributed by atoms with E-state index >= 15 is 0 Å². The molecule has 0 fully saturated rings. The molecule has 148 heavy (non-hydrogen) atoms. The van der Waals surface area contributed by atoms with Gasteiger partial charge in [-0.2, -0.15) is 0 Å². The first kappa shape index (κ1) is 93.7. The van der Waals surface area contributed by atoms with E-state index in [9.17, 15) is 0 Å². The molecule has 712 valence electrons. The highest BCUT2D eigenvalue weighted by Crippen LogP contribution is 2.48. The van der Waals surface area contributed by atoms with E-state index in [0.717, 1.165) is 28.4 Å². The monoisotopic (exact) mass is 1900 g/mol. The maximum Gasteiger partial charge on any atom is 0.0540 e. The zero-order valence-electron chi connectivity index (χ0n) is 86.0. The highest BCUT2D eigenvalue weighted by Gasteiger charge is 2.25. The van der Waals surface area contributed by atoms with Crippen molar-refractivity contribution < 1.29 is 0 Å². The summed E-state index contributed by atoms with van der Waals surface area (Å²) in [5.74, 6) is 0. The van der Waals surface area contributed by atoms with Crippen molar-refractivity contribution >= 4 is 133 Å². The van der Waals surface area contributed by atoms with Gasteiger partial charge in [0.1, 0.15) is 0 Å². The maximum absolute atomic E-state index is 2.40. The number of anilines is 12. The van der Waals surface area contributed by atoms with Gasteiger partial charge in [0.05, 0.1) is 11.4 Å². The lowest BCUT2D eigenvalue weighted by atomic mass is 9.95. The molecule has 0 spiro atoms. The number of nitrogens with zero attached hydrogens (tertiary/aromatic N) is 4. The van der Waals surface area contributed by atoms with E-state index in [-0.39, 0.29) is 0 Å². The van der Waals surface area contributed by atoms with Gasteiger partial charge in [0.25, 0.3) is 0 Å². The van der Waals surface area contributed by atoms with Crippen molar-refractivity contribution in [3.63, 3.8) is 0 Å². The minimum atomic E-state index is 1.13. The summed E-state index contributed by atoms with van der Waals surface area (Å²) in [7, 11) is 0. The quantitative estimate of drug-likeness (QED) is 0.0705. The Balaban J connectivity index is 0.000000163. The molecule has 0 bridgehead atoms. The molecule has 0 unspecified atom stereocenters. The van der Waals surface area contributed by atoms with E-state index in [2.05, 4.69) is 588 Å². The Morgan fingerprint density at radius 2 is 0.318 bits per heavy atom. The number of aryl methyl sites for hydroxylation is 12. The van der Waals surface area contributed by atoms with E-state index < -0.39 is 0 Å². The Morgan fingerprint density at radius 1 is 0.108 bits per heavy atom. The smallest absolute Gasteiger partial charge is 0.0540 e. The molecule has 4 heteroatoms. The molecule has 4 nitrogen and oxygen atoms in total. The molecule has 0 aliphatic carbocycles. The van der Waals surface area contributed by atoms with Crippen LogP contribution in [0, 0.1) is 83.1 Å². The molecule has 0 aliphatic rings. The summed E-state index contributed by atoms with van der Waals surface area (Å²) >= 11 is 0. The molecule has 0 amide bonds. The molecular formula is C144H116N4. The van der Waals surface area contributed by atoms with Crippen LogP contribution in [0.5, 0.6) is 0 Å². The minimum absolute atomic E-state index is 1.13. The van der Waals surface area contributed by atoms with E-state index in [1.54, 1.807) is 0 Å². The van der Waals surface area contributed by atoms with Crippen molar-refractivity contribution in [2.75, 3.05) is 19.6 Å². The Bertz CT molecular complexity index is 8810. The number of hydrogen-bond acceptors (Lipinski definition) is 4. The molecule has 0 saturated heterocycles. The van der Waals surface area contributed by atoms with Crippen LogP contribution in [-0.4, -0.2) is 0 Å². The summed E-state index contributed by atoms with van der Waals surface area (Å²) < 4.78 is 0. The largest absolute Gasteiger partial charge is 0.310 e. The second-order valence-corrected chi connectivity index (χ2v) is 40.5. The molecule has 24 aromatic rings. The minimum Gasteiger partial charge on any atom is -0.310 e. The molecule has 0 heterocycles. The molecule has 0 saturated carbocycles. The fourth-order valence-electron chi connectivity index (χ4n) is 21.9. The summed E-state index contributed by atoms with van der Waals surface area (Å²) in [5.41, 5.74) is 48.4. The Morgan fingerprint density at radius 3 is 0.574 bits per heavy atom. The zero-order valence-corrected chi connectivity index (χ0v) is 86.0. The van der Waals surface area contributed by atoms with E-state index in [4.69, 9.17) is 0 Å². The van der Waals surface area contributed by atoms with Crippen LogP contribution in [0.25, 0.3) is 154 Å². The lowest BCUT2D eigenvalue weighted by Gasteiger charge is -2.29. The van der Waals surface area contributed by atoms with Gasteiger partial charge in [0.15, 0.2) is 0 Å². The van der Waals surface area contributed by atoms with Gasteiger partial charge in [-0.1, -0.05) is 361 Å². The van der Waals surface area contributed by atoms with Gasteiger partial charge in [-0.25, -0.2) is 0 Å². The molecule has 0 N–H and O–H groups in total. The van der Waals surface area contributed by atoms with Gasteiger partial charge < -0.3 is 19.6 Å². The fourth-order valence-corrected chi connectivity index (χ4v) is 21.9. The van der Waals surface area contributed by atoms with Crippen molar-refractivity contribution in [1.82, 2.24) is 0 Å². The normalized spacial score (nSPS) is 11.4. The van der Waals surface area contributed by atoms with Crippen LogP contribution in [0.4, 0.5) is 68.2 Å². The van der Waals surface area contributed by atoms with Gasteiger partial charge in [0, 0.05) is 67.6 Å². The van der Waals surface area contributed by atoms with Crippen molar-refractivity contribution in [2.45, 2.75) is 83.1 Å². The number of rotatable bonds is 20. The first-order valence-corrected chi connectivity index (χ1v) is 51.6. The molecular weight excluding hydrogens is 1790 g/mol. The van der Waals surface area contributed by atoms with Gasteiger partial charge in [-0.05, 0) is 417 Å². The summed E-state index contributed by atoms with van der Waals surface area (Å²) in [6.45, 7) is 26.2. The standard InChI is InChI=1S/C74H56N2.C70H60N2/c1-49-19-42-72(52(4)43-49)76(74-18-10-14-60-12-6-8-16-71(60)74)68-40-35-56(36-41-68)54-23-27-58(28-24-54)62-30-32-64-47-65-45-61(29-31-63(65)48-66(64)46-62)57-25-21-53(22-26-57)55-33-38-67(39-34-55)75(69-37-20-50(2)51(3)44-69)73-17-9-13-59-11-5-7-15-70(59)73;1-45-9-33-67(49(5)37-45)71(68-34-10-46(2)38-50(68)6)65-29-25-55(26-30-65)53-13-17-57(18-14-53)59-21-23-61-44-64-42-60(22-24-62(64)43-63(61)41-59)58-19-15-54(16-20-58)56-27-31-66(32-28-56)72(69-35-11-47(3)39-51(69)7)70-36-12-48(4)40-52(70)8/h5-48H,1-4H3;9-44H,1-8H3. The molecule has 0 atom stereocenters. The predicted octanol–water partition coefficient (Wildman–Crippen LogP) is 41.2. The van der Waals surface area contributed by atoms with Crippen LogP contribution >= 0.6 is 0 Å². The summed E-state index contributed by atoms with van der Waals surface area (Å²) in [4.78, 5) is 9.58. The van der Waals surface area contributed by atoms with Crippen LogP contribution in [0.2, 0.25) is 0 Å². The third-order valence-electron chi connectivity index (χ3n) is 30.0. The lowest BCUT2D eigenvalue weighted by Crippen LogP contribution is -2.12. The Labute approximate surface area is 870 Å². The maximum atomic E-state index is 2.40. The van der Waals surface area contributed by atoms with Crippen molar-refractivity contribution in [3.8, 4) is 89.0 Å². The fraction of sp³-hybridized carbons (Fsp3) is 0.0833.